The minimum Gasteiger partial charge on any atom is -0.744 e. The summed E-state index contributed by atoms with van der Waals surface area (Å²) in [7, 11) is -4.82. The molecule has 0 aliphatic carbocycles. The number of benzene rings is 1. The minimum atomic E-state index is -4.82. The minimum absolute atomic E-state index is 0. The quantitative estimate of drug-likeness (QED) is 0.0212. The third-order valence-corrected chi connectivity index (χ3v) is 11.8. The van der Waals surface area contributed by atoms with Crippen LogP contribution in [-0.2, 0) is 19.6 Å². The average molecular weight is 853 g/mol. The van der Waals surface area contributed by atoms with Gasteiger partial charge in [-0.05, 0) is 69.6 Å². The monoisotopic (exact) mass is 853 g/mol. The van der Waals surface area contributed by atoms with Crippen LogP contribution in [0.2, 0.25) is 0 Å². The molecule has 59 heavy (non-hydrogen) atoms. The molecule has 0 spiro atoms. The Morgan fingerprint density at radius 3 is 1.07 bits per heavy atom. The second-order valence-electron chi connectivity index (χ2n) is 16.4. The van der Waals surface area contributed by atoms with Crippen LogP contribution in [0.15, 0.2) is 47.4 Å². The summed E-state index contributed by atoms with van der Waals surface area (Å²) in [5, 5.41) is 0. The van der Waals surface area contributed by atoms with E-state index in [1.165, 1.54) is 179 Å². The summed E-state index contributed by atoms with van der Waals surface area (Å²) < 4.78 is 45.9. The Hall–Kier alpha value is -1.45. The number of rotatable bonds is 41. The van der Waals surface area contributed by atoms with E-state index in [4.69, 9.17) is 9.47 Å². The van der Waals surface area contributed by atoms with E-state index in [0.717, 1.165) is 44.2 Å². The summed E-state index contributed by atoms with van der Waals surface area (Å²) >= 11 is 0. The molecular formula is C50H85NaO7S. The Kier molecular flexibility index (Phi) is 40.9. The molecular weight excluding hydrogens is 768 g/mol. The van der Waals surface area contributed by atoms with Gasteiger partial charge in [-0.15, -0.1) is 0 Å². The third kappa shape index (κ3) is 34.8. The average Bonchev–Trinajstić information content (AvgIpc) is 3.21. The van der Waals surface area contributed by atoms with Crippen LogP contribution < -0.4 is 29.6 Å². The molecule has 0 amide bonds. The van der Waals surface area contributed by atoms with E-state index in [9.17, 15) is 22.6 Å². The van der Waals surface area contributed by atoms with Crippen molar-refractivity contribution in [2.75, 3.05) is 13.2 Å². The fourth-order valence-electron chi connectivity index (χ4n) is 7.29. The molecule has 0 aliphatic heterocycles. The van der Waals surface area contributed by atoms with Gasteiger partial charge in [-0.2, -0.15) is 0 Å². The van der Waals surface area contributed by atoms with Crippen LogP contribution in [0.4, 0.5) is 0 Å². The van der Waals surface area contributed by atoms with Gasteiger partial charge in [0.1, 0.15) is 10.1 Å². The number of esters is 2. The number of unbranched alkanes of at least 4 members (excludes halogenated alkanes) is 30. The third-order valence-electron chi connectivity index (χ3n) is 11.0. The molecule has 0 saturated heterocycles. The van der Waals surface area contributed by atoms with Crippen LogP contribution in [0.25, 0.3) is 0 Å². The Balaban J connectivity index is 0.0000336. The van der Waals surface area contributed by atoms with Crippen LogP contribution in [0.3, 0.4) is 0 Å². The van der Waals surface area contributed by atoms with E-state index in [0.29, 0.717) is 12.8 Å². The van der Waals surface area contributed by atoms with Crippen molar-refractivity contribution in [3.63, 3.8) is 0 Å². The van der Waals surface area contributed by atoms with Gasteiger partial charge in [-0.3, -0.25) is 0 Å². The predicted molar refractivity (Wildman–Crippen MR) is 242 cm³/mol. The second kappa shape index (κ2) is 41.9. The molecule has 0 heterocycles. The second-order valence-corrected chi connectivity index (χ2v) is 17.8. The molecule has 1 aromatic rings. The number of hydrogen-bond acceptors (Lipinski definition) is 7. The van der Waals surface area contributed by atoms with Gasteiger partial charge in [0.2, 0.25) is 0 Å². The first-order valence-electron chi connectivity index (χ1n) is 24.0. The number of allylic oxidation sites excluding steroid dienone is 4. The van der Waals surface area contributed by atoms with E-state index >= 15 is 0 Å². The smallest absolute Gasteiger partial charge is 0.744 e. The Morgan fingerprint density at radius 1 is 0.458 bits per heavy atom. The maximum Gasteiger partial charge on any atom is 1.00 e. The van der Waals surface area contributed by atoms with Crippen LogP contribution >= 0.6 is 0 Å². The molecule has 9 heteroatoms. The zero-order chi connectivity index (χ0) is 42.2. The molecule has 0 N–H and O–H groups in total. The molecule has 0 bridgehead atoms. The Bertz CT molecular complexity index is 1310. The molecule has 0 saturated carbocycles. The van der Waals surface area contributed by atoms with Gasteiger partial charge < -0.3 is 14.0 Å². The first kappa shape index (κ1) is 57.5. The van der Waals surface area contributed by atoms with Crippen LogP contribution in [0.5, 0.6) is 0 Å². The van der Waals surface area contributed by atoms with Gasteiger partial charge in [0.15, 0.2) is 0 Å². The zero-order valence-corrected chi connectivity index (χ0v) is 41.1. The molecule has 0 atom stereocenters. The molecule has 1 rings (SSSR count). The van der Waals surface area contributed by atoms with Gasteiger partial charge >= 0.3 is 41.5 Å². The fourth-order valence-corrected chi connectivity index (χ4v) is 7.78. The maximum atomic E-state index is 13.0. The first-order valence-corrected chi connectivity index (χ1v) is 25.5. The number of hydrogen-bond donors (Lipinski definition) is 0. The zero-order valence-electron chi connectivity index (χ0n) is 38.3. The topological polar surface area (TPSA) is 110 Å². The van der Waals surface area contributed by atoms with Crippen molar-refractivity contribution in [3.8, 4) is 0 Å². The summed E-state index contributed by atoms with van der Waals surface area (Å²) in [6.07, 6.45) is 50.8. The summed E-state index contributed by atoms with van der Waals surface area (Å²) in [6, 6.07) is 3.15. The summed E-state index contributed by atoms with van der Waals surface area (Å²) in [5.74, 6) is -1.54. The van der Waals surface area contributed by atoms with Crippen molar-refractivity contribution in [3.05, 3.63) is 53.6 Å². The normalized spacial score (nSPS) is 11.7. The van der Waals surface area contributed by atoms with Crippen molar-refractivity contribution in [1.82, 2.24) is 0 Å². The summed E-state index contributed by atoms with van der Waals surface area (Å²) in [5.41, 5.74) is -0.332. The number of carbonyl (C=O) groups is 2. The fraction of sp³-hybridized carbons (Fsp3) is 0.760. The standard InChI is InChI=1S/C50H86O7S.Na/c1-3-5-7-9-11-13-15-17-19-21-23-25-27-29-31-33-35-37-39-43-56-49(51)47-42-41-46(58(53,54)55)45-48(47)50(52)57-44-40-38-36-34-32-30-28-26-24-22-20-18-16-14-12-10-8-6-4-2;/h7-10,41-42,45H,3-6,11-40,43-44H2,1-2H3,(H,53,54,55);/q;+1/p-1/b9-7+,10-8+;. The largest absolute Gasteiger partial charge is 1.00 e. The Morgan fingerprint density at radius 2 is 0.746 bits per heavy atom. The van der Waals surface area contributed by atoms with E-state index in [1.54, 1.807) is 0 Å². The van der Waals surface area contributed by atoms with Crippen LogP contribution in [0.1, 0.15) is 253 Å². The van der Waals surface area contributed by atoms with Gasteiger partial charge in [0.05, 0.1) is 29.2 Å². The van der Waals surface area contributed by atoms with Crippen molar-refractivity contribution >= 4 is 22.1 Å². The first-order chi connectivity index (χ1) is 28.3. The molecule has 0 aromatic heterocycles. The molecule has 0 fully saturated rings. The molecule has 334 valence electrons. The number of carbonyl (C=O) groups excluding carboxylic acids is 2. The van der Waals surface area contributed by atoms with Crippen molar-refractivity contribution in [2.45, 2.75) is 237 Å². The molecule has 7 nitrogen and oxygen atoms in total. The maximum absolute atomic E-state index is 13.0. The van der Waals surface area contributed by atoms with E-state index < -0.39 is 27.0 Å². The van der Waals surface area contributed by atoms with Crippen molar-refractivity contribution in [2.24, 2.45) is 0 Å². The van der Waals surface area contributed by atoms with E-state index in [2.05, 4.69) is 38.2 Å². The van der Waals surface area contributed by atoms with Crippen molar-refractivity contribution in [1.29, 1.82) is 0 Å². The molecule has 0 aliphatic rings. The van der Waals surface area contributed by atoms with Crippen LogP contribution in [0, 0.1) is 0 Å². The van der Waals surface area contributed by atoms with Crippen molar-refractivity contribution < 1.29 is 61.6 Å². The molecule has 1 aromatic carbocycles. The van der Waals surface area contributed by atoms with E-state index in [1.807, 2.05) is 0 Å². The van der Waals surface area contributed by atoms with Gasteiger partial charge in [-0.1, -0.05) is 205 Å². The Labute approximate surface area is 385 Å². The predicted octanol–water partition coefficient (Wildman–Crippen LogP) is 12.3. The van der Waals surface area contributed by atoms with Gasteiger partial charge in [0.25, 0.3) is 0 Å². The van der Waals surface area contributed by atoms with E-state index in [-0.39, 0.29) is 53.9 Å². The van der Waals surface area contributed by atoms with Gasteiger partial charge in [0, 0.05) is 0 Å². The molecule has 0 radical (unpaired) electrons. The van der Waals surface area contributed by atoms with Gasteiger partial charge in [-0.25, -0.2) is 18.0 Å². The van der Waals surface area contributed by atoms with Crippen LogP contribution in [-0.4, -0.2) is 38.1 Å². The SMILES string of the molecule is CCC/C=C/CCCCCCCCCCCCCCCCOC(=O)c1ccc(S(=O)(=O)[O-])cc1C(=O)OCCCCCCCCCCCCCCCC/C=C/CCC.[Na+]. The number of ether oxygens (including phenoxy) is 2. The summed E-state index contributed by atoms with van der Waals surface area (Å²) in [6.45, 7) is 4.81. The molecule has 0 unspecified atom stereocenters. The summed E-state index contributed by atoms with van der Waals surface area (Å²) in [4.78, 5) is 25.3.